The molecule has 86 valence electrons. The van der Waals surface area contributed by atoms with Gasteiger partial charge in [-0.05, 0) is 57.5 Å². The molecular formula is C13H24N2. The SMILES string of the molecule is CC1CCN(C2CC3CCC(C2)N3)CC1. The molecule has 2 bridgehead atoms. The summed E-state index contributed by atoms with van der Waals surface area (Å²) in [5.74, 6) is 0.972. The van der Waals surface area contributed by atoms with Crippen LogP contribution in [0.2, 0.25) is 0 Å². The van der Waals surface area contributed by atoms with Crippen LogP contribution in [0.25, 0.3) is 0 Å². The van der Waals surface area contributed by atoms with Crippen LogP contribution in [-0.4, -0.2) is 36.1 Å². The maximum atomic E-state index is 3.74. The van der Waals surface area contributed by atoms with Gasteiger partial charge < -0.3 is 10.2 Å². The Morgan fingerprint density at radius 2 is 1.53 bits per heavy atom. The smallest absolute Gasteiger partial charge is 0.0125 e. The third-order valence-electron chi connectivity index (χ3n) is 4.78. The molecule has 0 spiro atoms. The normalized spacial score (nSPS) is 43.4. The van der Waals surface area contributed by atoms with Crippen molar-refractivity contribution in [1.82, 2.24) is 10.2 Å². The summed E-state index contributed by atoms with van der Waals surface area (Å²) in [5.41, 5.74) is 0. The third-order valence-corrected chi connectivity index (χ3v) is 4.78. The third kappa shape index (κ3) is 2.07. The minimum atomic E-state index is 0.855. The maximum absolute atomic E-state index is 3.74. The van der Waals surface area contributed by atoms with E-state index >= 15 is 0 Å². The van der Waals surface area contributed by atoms with Gasteiger partial charge in [-0.3, -0.25) is 0 Å². The molecule has 0 aromatic carbocycles. The standard InChI is InChI=1S/C13H24N2/c1-10-4-6-15(7-5-10)13-8-11-2-3-12(9-13)14-11/h10-14H,2-9H2,1H3. The quantitative estimate of drug-likeness (QED) is 0.709. The number of nitrogens with one attached hydrogen (secondary N) is 1. The van der Waals surface area contributed by atoms with Gasteiger partial charge in [-0.1, -0.05) is 6.92 Å². The average Bonchev–Trinajstić information content (AvgIpc) is 2.59. The van der Waals surface area contributed by atoms with E-state index in [1.165, 1.54) is 51.6 Å². The summed E-state index contributed by atoms with van der Waals surface area (Å²) < 4.78 is 0. The molecule has 0 aromatic rings. The van der Waals surface area contributed by atoms with Crippen molar-refractivity contribution in [3.63, 3.8) is 0 Å². The number of piperidine rings is 2. The highest BCUT2D eigenvalue weighted by atomic mass is 15.2. The largest absolute Gasteiger partial charge is 0.311 e. The first-order valence-corrected chi connectivity index (χ1v) is 6.81. The van der Waals surface area contributed by atoms with Crippen LogP contribution in [0.3, 0.4) is 0 Å². The molecule has 3 saturated heterocycles. The van der Waals surface area contributed by atoms with Crippen molar-refractivity contribution in [2.24, 2.45) is 5.92 Å². The van der Waals surface area contributed by atoms with E-state index in [-0.39, 0.29) is 0 Å². The lowest BCUT2D eigenvalue weighted by atomic mass is 9.93. The second-order valence-corrected chi connectivity index (χ2v) is 5.98. The summed E-state index contributed by atoms with van der Waals surface area (Å²) in [4.78, 5) is 2.78. The lowest BCUT2D eigenvalue weighted by molar-refractivity contribution is 0.101. The zero-order chi connectivity index (χ0) is 10.3. The Morgan fingerprint density at radius 1 is 0.933 bits per heavy atom. The molecule has 3 heterocycles. The Balaban J connectivity index is 1.58. The molecule has 1 N–H and O–H groups in total. The number of fused-ring (bicyclic) bond motifs is 2. The van der Waals surface area contributed by atoms with Crippen molar-refractivity contribution >= 4 is 0 Å². The summed E-state index contributed by atoms with van der Waals surface area (Å²) in [6.07, 6.45) is 8.57. The second-order valence-electron chi connectivity index (χ2n) is 5.98. The highest BCUT2D eigenvalue weighted by Crippen LogP contribution is 2.31. The first kappa shape index (κ1) is 10.1. The van der Waals surface area contributed by atoms with Crippen LogP contribution in [0.4, 0.5) is 0 Å². The van der Waals surface area contributed by atoms with Gasteiger partial charge in [-0.2, -0.15) is 0 Å². The van der Waals surface area contributed by atoms with Gasteiger partial charge in [0.15, 0.2) is 0 Å². The molecule has 3 aliphatic heterocycles. The van der Waals surface area contributed by atoms with E-state index in [9.17, 15) is 0 Å². The predicted octanol–water partition coefficient (Wildman–Crippen LogP) is 2.00. The molecule has 2 unspecified atom stereocenters. The molecule has 2 atom stereocenters. The Morgan fingerprint density at radius 3 is 2.13 bits per heavy atom. The van der Waals surface area contributed by atoms with Crippen molar-refractivity contribution in [2.75, 3.05) is 13.1 Å². The van der Waals surface area contributed by atoms with Gasteiger partial charge >= 0.3 is 0 Å². The van der Waals surface area contributed by atoms with Gasteiger partial charge in [0.2, 0.25) is 0 Å². The number of nitrogens with zero attached hydrogens (tertiary/aromatic N) is 1. The van der Waals surface area contributed by atoms with Crippen LogP contribution in [-0.2, 0) is 0 Å². The molecule has 0 radical (unpaired) electrons. The number of hydrogen-bond acceptors (Lipinski definition) is 2. The van der Waals surface area contributed by atoms with Crippen LogP contribution in [0.1, 0.15) is 45.4 Å². The van der Waals surface area contributed by atoms with Crippen LogP contribution in [0.15, 0.2) is 0 Å². The fraction of sp³-hybridized carbons (Fsp3) is 1.00. The second kappa shape index (κ2) is 4.06. The molecular weight excluding hydrogens is 184 g/mol. The van der Waals surface area contributed by atoms with Crippen molar-refractivity contribution in [2.45, 2.75) is 63.6 Å². The summed E-state index contributed by atoms with van der Waals surface area (Å²) in [5, 5.41) is 3.74. The summed E-state index contributed by atoms with van der Waals surface area (Å²) >= 11 is 0. The van der Waals surface area contributed by atoms with Gasteiger partial charge in [0, 0.05) is 18.1 Å². The van der Waals surface area contributed by atoms with E-state index in [4.69, 9.17) is 0 Å². The van der Waals surface area contributed by atoms with Gasteiger partial charge in [0.25, 0.3) is 0 Å². The number of hydrogen-bond donors (Lipinski definition) is 1. The fourth-order valence-corrected chi connectivity index (χ4v) is 3.72. The molecule has 0 aromatic heterocycles. The lowest BCUT2D eigenvalue weighted by Gasteiger charge is -2.41. The van der Waals surface area contributed by atoms with Crippen molar-refractivity contribution in [3.05, 3.63) is 0 Å². The first-order chi connectivity index (χ1) is 7.31. The van der Waals surface area contributed by atoms with E-state index in [0.717, 1.165) is 24.0 Å². The van der Waals surface area contributed by atoms with Gasteiger partial charge in [0.1, 0.15) is 0 Å². The van der Waals surface area contributed by atoms with Gasteiger partial charge in [0.05, 0.1) is 0 Å². The monoisotopic (exact) mass is 208 g/mol. The van der Waals surface area contributed by atoms with Gasteiger partial charge in [-0.25, -0.2) is 0 Å². The van der Waals surface area contributed by atoms with Crippen molar-refractivity contribution in [3.8, 4) is 0 Å². The molecule has 2 heteroatoms. The average molecular weight is 208 g/mol. The Bertz CT molecular complexity index is 209. The molecule has 3 aliphatic rings. The molecule has 3 rings (SSSR count). The van der Waals surface area contributed by atoms with Crippen molar-refractivity contribution < 1.29 is 0 Å². The highest BCUT2D eigenvalue weighted by Gasteiger charge is 2.36. The predicted molar refractivity (Wildman–Crippen MR) is 62.9 cm³/mol. The number of likely N-dealkylation sites (tertiary alicyclic amines) is 1. The molecule has 2 nitrogen and oxygen atoms in total. The van der Waals surface area contributed by atoms with Gasteiger partial charge in [-0.15, -0.1) is 0 Å². The maximum Gasteiger partial charge on any atom is 0.0125 e. The summed E-state index contributed by atoms with van der Waals surface area (Å²) in [7, 11) is 0. The van der Waals surface area contributed by atoms with Crippen LogP contribution >= 0.6 is 0 Å². The first-order valence-electron chi connectivity index (χ1n) is 6.81. The van der Waals surface area contributed by atoms with E-state index in [0.29, 0.717) is 0 Å². The van der Waals surface area contributed by atoms with Crippen LogP contribution < -0.4 is 5.32 Å². The van der Waals surface area contributed by atoms with E-state index < -0.39 is 0 Å². The lowest BCUT2D eigenvalue weighted by Crippen LogP contribution is -2.50. The molecule has 15 heavy (non-hydrogen) atoms. The topological polar surface area (TPSA) is 15.3 Å². The Labute approximate surface area is 93.4 Å². The Hall–Kier alpha value is -0.0800. The summed E-state index contributed by atoms with van der Waals surface area (Å²) in [6, 6.07) is 2.62. The van der Waals surface area contributed by atoms with E-state index in [2.05, 4.69) is 17.1 Å². The number of rotatable bonds is 1. The molecule has 3 fully saturated rings. The zero-order valence-corrected chi connectivity index (χ0v) is 9.91. The summed E-state index contributed by atoms with van der Waals surface area (Å²) in [6.45, 7) is 5.14. The van der Waals surface area contributed by atoms with Crippen molar-refractivity contribution in [1.29, 1.82) is 0 Å². The zero-order valence-electron chi connectivity index (χ0n) is 9.91. The molecule has 0 amide bonds. The molecule has 0 saturated carbocycles. The molecule has 0 aliphatic carbocycles. The fourth-order valence-electron chi connectivity index (χ4n) is 3.72. The van der Waals surface area contributed by atoms with E-state index in [1.54, 1.807) is 0 Å². The van der Waals surface area contributed by atoms with Crippen LogP contribution in [0, 0.1) is 5.92 Å². The van der Waals surface area contributed by atoms with E-state index in [1.807, 2.05) is 0 Å². The highest BCUT2D eigenvalue weighted by molar-refractivity contribution is 4.96. The minimum Gasteiger partial charge on any atom is -0.311 e. The minimum absolute atomic E-state index is 0.855. The Kier molecular flexibility index (Phi) is 2.73. The van der Waals surface area contributed by atoms with Crippen LogP contribution in [0.5, 0.6) is 0 Å².